The first-order valence-corrected chi connectivity index (χ1v) is 5.26. The molecule has 0 atom stereocenters. The van der Waals surface area contributed by atoms with Gasteiger partial charge in [-0.1, -0.05) is 11.3 Å². The summed E-state index contributed by atoms with van der Waals surface area (Å²) in [5, 5.41) is 13.8. The number of aryl methyl sites for hydroxylation is 2. The molecule has 6 nitrogen and oxygen atoms in total. The van der Waals surface area contributed by atoms with Gasteiger partial charge in [0.15, 0.2) is 17.3 Å². The van der Waals surface area contributed by atoms with Crippen LogP contribution < -0.4 is 9.47 Å². The van der Waals surface area contributed by atoms with Crippen LogP contribution in [0.2, 0.25) is 0 Å². The molecular formula is C11H14N4O2. The van der Waals surface area contributed by atoms with Gasteiger partial charge in [-0.05, 0) is 24.1 Å². The van der Waals surface area contributed by atoms with E-state index in [9.17, 15) is 0 Å². The molecular weight excluding hydrogens is 220 g/mol. The normalized spacial score (nSPS) is 10.2. The molecule has 0 saturated carbocycles. The highest BCUT2D eigenvalue weighted by atomic mass is 16.5. The monoisotopic (exact) mass is 234 g/mol. The van der Waals surface area contributed by atoms with Crippen LogP contribution in [0.25, 0.3) is 0 Å². The van der Waals surface area contributed by atoms with Crippen molar-refractivity contribution in [1.29, 1.82) is 0 Å². The molecule has 1 N–H and O–H groups in total. The van der Waals surface area contributed by atoms with Crippen molar-refractivity contribution in [3.8, 4) is 11.5 Å². The Morgan fingerprint density at radius 2 is 1.94 bits per heavy atom. The maximum absolute atomic E-state index is 5.24. The summed E-state index contributed by atoms with van der Waals surface area (Å²) in [7, 11) is 3.25. The lowest BCUT2D eigenvalue weighted by atomic mass is 10.1. The number of ether oxygens (including phenoxy) is 2. The molecule has 0 amide bonds. The Balaban J connectivity index is 2.06. The van der Waals surface area contributed by atoms with Crippen LogP contribution in [-0.4, -0.2) is 34.8 Å². The van der Waals surface area contributed by atoms with Gasteiger partial charge in [-0.15, -0.1) is 10.2 Å². The molecule has 1 heterocycles. The summed E-state index contributed by atoms with van der Waals surface area (Å²) in [6.07, 6.45) is 1.58. The van der Waals surface area contributed by atoms with Gasteiger partial charge in [-0.2, -0.15) is 5.21 Å². The summed E-state index contributed by atoms with van der Waals surface area (Å²) in [4.78, 5) is 0. The average Bonchev–Trinajstić information content (AvgIpc) is 2.89. The number of nitrogens with zero attached hydrogens (tertiary/aromatic N) is 3. The summed E-state index contributed by atoms with van der Waals surface area (Å²) in [5.74, 6) is 2.17. The van der Waals surface area contributed by atoms with Gasteiger partial charge in [0, 0.05) is 6.42 Å². The minimum atomic E-state index is 0.708. The van der Waals surface area contributed by atoms with Crippen LogP contribution in [0.1, 0.15) is 11.4 Å². The van der Waals surface area contributed by atoms with E-state index >= 15 is 0 Å². The van der Waals surface area contributed by atoms with Crippen LogP contribution in [0, 0.1) is 0 Å². The molecule has 6 heteroatoms. The highest BCUT2D eigenvalue weighted by molar-refractivity contribution is 5.42. The number of H-pyrrole nitrogens is 1. The maximum Gasteiger partial charge on any atom is 0.174 e. The maximum atomic E-state index is 5.24. The van der Waals surface area contributed by atoms with Crippen LogP contribution in [0.5, 0.6) is 11.5 Å². The van der Waals surface area contributed by atoms with Crippen LogP contribution in [0.3, 0.4) is 0 Å². The van der Waals surface area contributed by atoms with Crippen molar-refractivity contribution < 1.29 is 9.47 Å². The van der Waals surface area contributed by atoms with E-state index in [1.165, 1.54) is 0 Å². The van der Waals surface area contributed by atoms with E-state index < -0.39 is 0 Å². The molecule has 2 aromatic rings. The molecule has 0 aliphatic heterocycles. The van der Waals surface area contributed by atoms with Crippen molar-refractivity contribution in [2.24, 2.45) is 0 Å². The first kappa shape index (κ1) is 11.4. The summed E-state index contributed by atoms with van der Waals surface area (Å²) in [5.41, 5.74) is 1.15. The molecule has 0 saturated heterocycles. The zero-order chi connectivity index (χ0) is 12.1. The van der Waals surface area contributed by atoms with Gasteiger partial charge in [0.25, 0.3) is 0 Å². The first-order valence-electron chi connectivity index (χ1n) is 5.26. The number of tetrazole rings is 1. The molecule has 0 aliphatic rings. The summed E-state index contributed by atoms with van der Waals surface area (Å²) in [6, 6.07) is 5.85. The van der Waals surface area contributed by atoms with E-state index in [2.05, 4.69) is 20.6 Å². The third kappa shape index (κ3) is 2.72. The molecule has 2 rings (SSSR count). The predicted molar refractivity (Wildman–Crippen MR) is 61.1 cm³/mol. The molecule has 1 aromatic heterocycles. The molecule has 1 aromatic carbocycles. The number of hydrogen-bond donors (Lipinski definition) is 1. The van der Waals surface area contributed by atoms with Gasteiger partial charge in [0.05, 0.1) is 14.2 Å². The first-order chi connectivity index (χ1) is 8.33. The third-order valence-electron chi connectivity index (χ3n) is 2.47. The number of rotatable bonds is 5. The van der Waals surface area contributed by atoms with Gasteiger partial charge < -0.3 is 9.47 Å². The summed E-state index contributed by atoms with van der Waals surface area (Å²) in [6.45, 7) is 0. The fraction of sp³-hybridized carbons (Fsp3) is 0.364. The molecule has 0 bridgehead atoms. The fourth-order valence-electron chi connectivity index (χ4n) is 1.58. The molecule has 0 radical (unpaired) electrons. The van der Waals surface area contributed by atoms with E-state index in [1.807, 2.05) is 18.2 Å². The Morgan fingerprint density at radius 1 is 1.12 bits per heavy atom. The van der Waals surface area contributed by atoms with Crippen molar-refractivity contribution in [3.63, 3.8) is 0 Å². The van der Waals surface area contributed by atoms with Crippen LogP contribution in [-0.2, 0) is 12.8 Å². The van der Waals surface area contributed by atoms with Gasteiger partial charge in [-0.3, -0.25) is 0 Å². The lowest BCUT2D eigenvalue weighted by Crippen LogP contribution is -1.96. The Morgan fingerprint density at radius 3 is 2.59 bits per heavy atom. The van der Waals surface area contributed by atoms with E-state index in [0.717, 1.165) is 29.9 Å². The average molecular weight is 234 g/mol. The van der Waals surface area contributed by atoms with Crippen molar-refractivity contribution in [2.45, 2.75) is 12.8 Å². The lowest BCUT2D eigenvalue weighted by Gasteiger charge is -2.08. The largest absolute Gasteiger partial charge is 0.493 e. The molecule has 0 fully saturated rings. The second-order valence-corrected chi connectivity index (χ2v) is 3.52. The number of methoxy groups -OCH3 is 2. The van der Waals surface area contributed by atoms with Crippen LogP contribution in [0.15, 0.2) is 18.2 Å². The van der Waals surface area contributed by atoms with E-state index in [1.54, 1.807) is 14.2 Å². The predicted octanol–water partition coefficient (Wildman–Crippen LogP) is 1.00. The number of nitrogens with one attached hydrogen (secondary N) is 1. The highest BCUT2D eigenvalue weighted by Gasteiger charge is 2.05. The Labute approximate surface area is 98.9 Å². The molecule has 17 heavy (non-hydrogen) atoms. The molecule has 0 spiro atoms. The van der Waals surface area contributed by atoms with Crippen molar-refractivity contribution in [3.05, 3.63) is 29.6 Å². The Bertz CT molecular complexity index is 470. The second-order valence-electron chi connectivity index (χ2n) is 3.52. The number of aromatic nitrogens is 4. The molecule has 0 aliphatic carbocycles. The Kier molecular flexibility index (Phi) is 3.54. The highest BCUT2D eigenvalue weighted by Crippen LogP contribution is 2.27. The quantitative estimate of drug-likeness (QED) is 0.835. The van der Waals surface area contributed by atoms with Gasteiger partial charge in [0.1, 0.15) is 0 Å². The van der Waals surface area contributed by atoms with Gasteiger partial charge in [-0.25, -0.2) is 0 Å². The van der Waals surface area contributed by atoms with E-state index in [4.69, 9.17) is 9.47 Å². The zero-order valence-corrected chi connectivity index (χ0v) is 9.80. The fourth-order valence-corrected chi connectivity index (χ4v) is 1.58. The smallest absolute Gasteiger partial charge is 0.174 e. The number of hydrogen-bond acceptors (Lipinski definition) is 5. The minimum absolute atomic E-state index is 0.708. The zero-order valence-electron chi connectivity index (χ0n) is 9.80. The topological polar surface area (TPSA) is 72.9 Å². The van der Waals surface area contributed by atoms with Gasteiger partial charge in [0.2, 0.25) is 0 Å². The summed E-state index contributed by atoms with van der Waals surface area (Å²) >= 11 is 0. The molecule has 0 unspecified atom stereocenters. The van der Waals surface area contributed by atoms with E-state index in [0.29, 0.717) is 5.82 Å². The summed E-state index contributed by atoms with van der Waals surface area (Å²) < 4.78 is 10.4. The van der Waals surface area contributed by atoms with Crippen LogP contribution in [0.4, 0.5) is 0 Å². The standard InChI is InChI=1S/C11H14N4O2/c1-16-9-5-3-8(7-10(9)17-2)4-6-11-12-14-15-13-11/h3,5,7H,4,6H2,1-2H3,(H,12,13,14,15). The Hall–Kier alpha value is -2.11. The third-order valence-corrected chi connectivity index (χ3v) is 2.47. The minimum Gasteiger partial charge on any atom is -0.493 e. The van der Waals surface area contributed by atoms with Crippen LogP contribution >= 0.6 is 0 Å². The number of aromatic amines is 1. The SMILES string of the molecule is COc1ccc(CCc2nn[nH]n2)cc1OC. The van der Waals surface area contributed by atoms with Gasteiger partial charge >= 0.3 is 0 Å². The van der Waals surface area contributed by atoms with E-state index in [-0.39, 0.29) is 0 Å². The number of benzene rings is 1. The van der Waals surface area contributed by atoms with Crippen molar-refractivity contribution >= 4 is 0 Å². The van der Waals surface area contributed by atoms with Crippen molar-refractivity contribution in [1.82, 2.24) is 20.6 Å². The van der Waals surface area contributed by atoms with Crippen molar-refractivity contribution in [2.75, 3.05) is 14.2 Å². The second kappa shape index (κ2) is 5.29. The molecule has 90 valence electrons. The lowest BCUT2D eigenvalue weighted by molar-refractivity contribution is 0.354.